The summed E-state index contributed by atoms with van der Waals surface area (Å²) in [6.07, 6.45) is 0.218. The topological polar surface area (TPSA) is 24.5 Å². The van der Waals surface area contributed by atoms with E-state index < -0.39 is 5.92 Å². The molecule has 0 aliphatic carbocycles. The SMILES string of the molecule is FC1(F)CCN(CC#CCOC2CNC2)CC1. The number of nitrogens with zero attached hydrogens (tertiary/aromatic N) is 1. The average molecular weight is 244 g/mol. The highest BCUT2D eigenvalue weighted by Gasteiger charge is 2.33. The van der Waals surface area contributed by atoms with Gasteiger partial charge >= 0.3 is 0 Å². The Labute approximate surface area is 100 Å². The van der Waals surface area contributed by atoms with Gasteiger partial charge in [0.25, 0.3) is 5.92 Å². The third-order valence-electron chi connectivity index (χ3n) is 3.15. The van der Waals surface area contributed by atoms with E-state index in [1.54, 1.807) is 0 Å². The van der Waals surface area contributed by atoms with Crippen molar-refractivity contribution in [2.45, 2.75) is 24.9 Å². The van der Waals surface area contributed by atoms with Gasteiger partial charge in [-0.2, -0.15) is 0 Å². The molecule has 0 amide bonds. The molecule has 2 rings (SSSR count). The van der Waals surface area contributed by atoms with Gasteiger partial charge in [-0.15, -0.1) is 0 Å². The van der Waals surface area contributed by atoms with Gasteiger partial charge < -0.3 is 10.1 Å². The normalized spacial score (nSPS) is 24.8. The molecule has 0 bridgehead atoms. The van der Waals surface area contributed by atoms with Crippen molar-refractivity contribution < 1.29 is 13.5 Å². The maximum atomic E-state index is 12.9. The van der Waals surface area contributed by atoms with Crippen molar-refractivity contribution in [3.8, 4) is 11.8 Å². The van der Waals surface area contributed by atoms with Crippen LogP contribution in [0.1, 0.15) is 12.8 Å². The first kappa shape index (κ1) is 12.7. The van der Waals surface area contributed by atoms with Crippen LogP contribution in [0.3, 0.4) is 0 Å². The summed E-state index contributed by atoms with van der Waals surface area (Å²) in [4.78, 5) is 1.97. The van der Waals surface area contributed by atoms with Crippen LogP contribution >= 0.6 is 0 Å². The molecule has 0 unspecified atom stereocenters. The van der Waals surface area contributed by atoms with Gasteiger partial charge in [-0.3, -0.25) is 4.90 Å². The molecule has 0 aromatic carbocycles. The van der Waals surface area contributed by atoms with Crippen LogP contribution in [-0.4, -0.2) is 56.3 Å². The monoisotopic (exact) mass is 244 g/mol. The average Bonchev–Trinajstić information content (AvgIpc) is 2.22. The van der Waals surface area contributed by atoms with Crippen LogP contribution in [0.2, 0.25) is 0 Å². The molecule has 0 aromatic heterocycles. The van der Waals surface area contributed by atoms with E-state index in [9.17, 15) is 8.78 Å². The second kappa shape index (κ2) is 5.76. The molecule has 2 aliphatic heterocycles. The third-order valence-corrected chi connectivity index (χ3v) is 3.15. The Morgan fingerprint density at radius 2 is 1.94 bits per heavy atom. The molecular weight excluding hydrogens is 226 g/mol. The molecule has 96 valence electrons. The number of alkyl halides is 2. The lowest BCUT2D eigenvalue weighted by atomic mass is 10.1. The molecule has 2 saturated heterocycles. The maximum Gasteiger partial charge on any atom is 0.250 e. The summed E-state index contributed by atoms with van der Waals surface area (Å²) >= 11 is 0. The van der Waals surface area contributed by atoms with Crippen molar-refractivity contribution in [2.75, 3.05) is 39.3 Å². The molecule has 0 radical (unpaired) electrons. The van der Waals surface area contributed by atoms with E-state index in [4.69, 9.17) is 4.74 Å². The van der Waals surface area contributed by atoms with E-state index in [-0.39, 0.29) is 12.8 Å². The lowest BCUT2D eigenvalue weighted by Gasteiger charge is -2.30. The highest BCUT2D eigenvalue weighted by molar-refractivity contribution is 5.02. The van der Waals surface area contributed by atoms with Gasteiger partial charge in [-0.25, -0.2) is 8.78 Å². The minimum absolute atomic E-state index is 0.0427. The van der Waals surface area contributed by atoms with Crippen molar-refractivity contribution in [3.63, 3.8) is 0 Å². The summed E-state index contributed by atoms with van der Waals surface area (Å²) < 4.78 is 31.2. The van der Waals surface area contributed by atoms with Gasteiger partial charge in [0.15, 0.2) is 0 Å². The molecule has 17 heavy (non-hydrogen) atoms. The van der Waals surface area contributed by atoms with E-state index in [0.717, 1.165) is 13.1 Å². The fourth-order valence-electron chi connectivity index (χ4n) is 1.80. The summed E-state index contributed by atoms with van der Waals surface area (Å²) in [5.41, 5.74) is 0. The van der Waals surface area contributed by atoms with Gasteiger partial charge in [-0.1, -0.05) is 11.8 Å². The molecule has 3 nitrogen and oxygen atoms in total. The second-order valence-corrected chi connectivity index (χ2v) is 4.58. The van der Waals surface area contributed by atoms with Crippen molar-refractivity contribution in [1.29, 1.82) is 0 Å². The summed E-state index contributed by atoms with van der Waals surface area (Å²) in [5, 5.41) is 3.11. The van der Waals surface area contributed by atoms with Crippen LogP contribution in [0.4, 0.5) is 8.78 Å². The molecular formula is C12H18F2N2O. The van der Waals surface area contributed by atoms with Gasteiger partial charge in [0.1, 0.15) is 6.61 Å². The Bertz CT molecular complexity index is 297. The minimum atomic E-state index is -2.47. The molecule has 2 aliphatic rings. The summed E-state index contributed by atoms with van der Waals surface area (Å²) in [7, 11) is 0. The number of halogens is 2. The highest BCUT2D eigenvalue weighted by atomic mass is 19.3. The summed E-state index contributed by atoms with van der Waals surface area (Å²) in [5.74, 6) is 3.43. The van der Waals surface area contributed by atoms with Crippen LogP contribution in [0.25, 0.3) is 0 Å². The smallest absolute Gasteiger partial charge is 0.250 e. The van der Waals surface area contributed by atoms with Gasteiger partial charge in [-0.05, 0) is 0 Å². The first-order valence-electron chi connectivity index (χ1n) is 6.04. The van der Waals surface area contributed by atoms with Crippen LogP contribution in [0.5, 0.6) is 0 Å². The molecule has 0 aromatic rings. The highest BCUT2D eigenvalue weighted by Crippen LogP contribution is 2.27. The van der Waals surface area contributed by atoms with Gasteiger partial charge in [0.05, 0.1) is 12.6 Å². The molecule has 2 fully saturated rings. The van der Waals surface area contributed by atoms with E-state index in [1.165, 1.54) is 0 Å². The van der Waals surface area contributed by atoms with E-state index in [1.807, 2.05) is 4.90 Å². The number of ether oxygens (including phenoxy) is 1. The zero-order chi connectivity index (χ0) is 12.1. The quantitative estimate of drug-likeness (QED) is 0.740. The summed E-state index contributed by atoms with van der Waals surface area (Å²) in [6.45, 7) is 3.70. The van der Waals surface area contributed by atoms with Crippen molar-refractivity contribution >= 4 is 0 Å². The van der Waals surface area contributed by atoms with Crippen molar-refractivity contribution in [1.82, 2.24) is 10.2 Å². The number of likely N-dealkylation sites (tertiary alicyclic amines) is 1. The number of rotatable bonds is 3. The van der Waals surface area contributed by atoms with Crippen LogP contribution in [0, 0.1) is 11.8 Å². The Morgan fingerprint density at radius 3 is 2.53 bits per heavy atom. The Morgan fingerprint density at radius 1 is 1.24 bits per heavy atom. The second-order valence-electron chi connectivity index (χ2n) is 4.58. The molecule has 2 heterocycles. The molecule has 1 N–H and O–H groups in total. The van der Waals surface area contributed by atoms with Crippen LogP contribution in [-0.2, 0) is 4.74 Å². The van der Waals surface area contributed by atoms with Crippen molar-refractivity contribution in [2.24, 2.45) is 0 Å². The number of nitrogens with one attached hydrogen (secondary N) is 1. The van der Waals surface area contributed by atoms with Crippen LogP contribution < -0.4 is 5.32 Å². The standard InChI is InChI=1S/C12H18F2N2O/c13-12(14)3-6-16(7-4-12)5-1-2-8-17-11-9-15-10-11/h11,15H,3-10H2. The van der Waals surface area contributed by atoms with E-state index >= 15 is 0 Å². The minimum Gasteiger partial charge on any atom is -0.363 e. The molecule has 5 heteroatoms. The molecule has 0 spiro atoms. The van der Waals surface area contributed by atoms with Crippen molar-refractivity contribution in [3.05, 3.63) is 0 Å². The predicted molar refractivity (Wildman–Crippen MR) is 61.0 cm³/mol. The Hall–Kier alpha value is -0.700. The number of piperidine rings is 1. The number of hydrogen-bond donors (Lipinski definition) is 1. The Kier molecular flexibility index (Phi) is 4.32. The predicted octanol–water partition coefficient (Wildman–Crippen LogP) is 0.709. The maximum absolute atomic E-state index is 12.9. The first-order valence-corrected chi connectivity index (χ1v) is 6.04. The fraction of sp³-hybridized carbons (Fsp3) is 0.833. The Balaban J connectivity index is 1.57. The number of hydrogen-bond acceptors (Lipinski definition) is 3. The van der Waals surface area contributed by atoms with Gasteiger partial charge in [0.2, 0.25) is 0 Å². The first-order chi connectivity index (χ1) is 8.16. The van der Waals surface area contributed by atoms with E-state index in [2.05, 4.69) is 17.2 Å². The van der Waals surface area contributed by atoms with Gasteiger partial charge in [0, 0.05) is 39.0 Å². The summed E-state index contributed by atoms with van der Waals surface area (Å²) in [6, 6.07) is 0. The zero-order valence-corrected chi connectivity index (χ0v) is 9.85. The lowest BCUT2D eigenvalue weighted by molar-refractivity contribution is -0.0527. The third kappa shape index (κ3) is 4.23. The van der Waals surface area contributed by atoms with E-state index in [0.29, 0.717) is 32.3 Å². The largest absolute Gasteiger partial charge is 0.363 e. The lowest BCUT2D eigenvalue weighted by Crippen LogP contribution is -2.48. The fourth-order valence-corrected chi connectivity index (χ4v) is 1.80. The molecule has 0 atom stereocenters. The van der Waals surface area contributed by atoms with Crippen LogP contribution in [0.15, 0.2) is 0 Å². The molecule has 0 saturated carbocycles. The zero-order valence-electron chi connectivity index (χ0n) is 9.85.